The van der Waals surface area contributed by atoms with Crippen LogP contribution in [0, 0.1) is 6.92 Å². The zero-order valence-corrected chi connectivity index (χ0v) is 15.6. The number of hydrogen-bond donors (Lipinski definition) is 2. The number of carbonyl (C=O) groups is 2. The molecule has 0 saturated heterocycles. The number of nitrogens with zero attached hydrogens (tertiary/aromatic N) is 2. The second-order valence-electron chi connectivity index (χ2n) is 6.01. The minimum Gasteiger partial charge on any atom is -0.462 e. The molecule has 7 nitrogen and oxygen atoms in total. The average molecular weight is 376 g/mol. The summed E-state index contributed by atoms with van der Waals surface area (Å²) in [5.74, 6) is -0.467. The Bertz CT molecular complexity index is 970. The summed E-state index contributed by atoms with van der Waals surface area (Å²) in [5, 5.41) is 5.77. The molecule has 3 aromatic rings. The van der Waals surface area contributed by atoms with Gasteiger partial charge in [-0.05, 0) is 38.1 Å². The fourth-order valence-corrected chi connectivity index (χ4v) is 2.45. The van der Waals surface area contributed by atoms with Crippen molar-refractivity contribution in [1.82, 2.24) is 9.97 Å². The van der Waals surface area contributed by atoms with E-state index >= 15 is 0 Å². The summed E-state index contributed by atoms with van der Waals surface area (Å²) in [6.45, 7) is 4.01. The molecule has 142 valence electrons. The van der Waals surface area contributed by atoms with E-state index in [9.17, 15) is 9.59 Å². The van der Waals surface area contributed by atoms with Crippen LogP contribution in [-0.4, -0.2) is 28.5 Å². The Kier molecular flexibility index (Phi) is 5.96. The number of para-hydroxylation sites is 1. The fourth-order valence-electron chi connectivity index (χ4n) is 2.45. The molecule has 3 rings (SSSR count). The van der Waals surface area contributed by atoms with Crippen molar-refractivity contribution < 1.29 is 14.3 Å². The fraction of sp³-hybridized carbons (Fsp3) is 0.143. The minimum absolute atomic E-state index is 0.267. The van der Waals surface area contributed by atoms with Crippen molar-refractivity contribution in [3.05, 3.63) is 77.6 Å². The van der Waals surface area contributed by atoms with E-state index in [0.717, 1.165) is 5.56 Å². The third kappa shape index (κ3) is 4.70. The van der Waals surface area contributed by atoms with Crippen LogP contribution in [0.2, 0.25) is 0 Å². The topological polar surface area (TPSA) is 93.2 Å². The number of hydrogen-bond acceptors (Lipinski definition) is 6. The first-order valence-corrected chi connectivity index (χ1v) is 8.80. The molecule has 0 aliphatic heterocycles. The van der Waals surface area contributed by atoms with Gasteiger partial charge in [-0.2, -0.15) is 0 Å². The summed E-state index contributed by atoms with van der Waals surface area (Å²) in [5.41, 5.74) is 3.04. The largest absolute Gasteiger partial charge is 0.462 e. The average Bonchev–Trinajstić information content (AvgIpc) is 2.71. The first-order chi connectivity index (χ1) is 13.6. The molecule has 0 bridgehead atoms. The molecule has 2 aromatic carbocycles. The molecule has 28 heavy (non-hydrogen) atoms. The number of esters is 1. The summed E-state index contributed by atoms with van der Waals surface area (Å²) in [7, 11) is 0. The summed E-state index contributed by atoms with van der Waals surface area (Å²) in [4.78, 5) is 32.7. The van der Waals surface area contributed by atoms with Gasteiger partial charge in [0.05, 0.1) is 23.4 Å². The second-order valence-corrected chi connectivity index (χ2v) is 6.01. The number of aromatic nitrogens is 2. The molecule has 0 saturated carbocycles. The van der Waals surface area contributed by atoms with Crippen molar-refractivity contribution in [2.24, 2.45) is 0 Å². The van der Waals surface area contributed by atoms with Gasteiger partial charge in [0, 0.05) is 18.1 Å². The Balaban J connectivity index is 1.70. The van der Waals surface area contributed by atoms with Gasteiger partial charge in [-0.3, -0.25) is 4.79 Å². The molecule has 0 atom stereocenters. The van der Waals surface area contributed by atoms with Gasteiger partial charge >= 0.3 is 5.97 Å². The number of amides is 1. The molecule has 0 radical (unpaired) electrons. The lowest BCUT2D eigenvalue weighted by Crippen LogP contribution is -2.13. The Labute approximate surface area is 162 Å². The van der Waals surface area contributed by atoms with Crippen LogP contribution in [0.15, 0.2) is 60.9 Å². The molecular formula is C21H20N4O3. The van der Waals surface area contributed by atoms with Crippen LogP contribution in [0.1, 0.15) is 33.2 Å². The first kappa shape index (κ1) is 19.0. The lowest BCUT2D eigenvalue weighted by Gasteiger charge is -2.10. The molecule has 0 aliphatic carbocycles. The predicted molar refractivity (Wildman–Crippen MR) is 107 cm³/mol. The number of carbonyl (C=O) groups excluding carboxylic acids is 2. The van der Waals surface area contributed by atoms with Crippen molar-refractivity contribution in [3.8, 4) is 0 Å². The van der Waals surface area contributed by atoms with Crippen molar-refractivity contribution in [1.29, 1.82) is 0 Å². The molecule has 0 spiro atoms. The van der Waals surface area contributed by atoms with E-state index in [1.807, 2.05) is 31.2 Å². The van der Waals surface area contributed by atoms with E-state index in [1.165, 1.54) is 12.4 Å². The number of rotatable bonds is 6. The zero-order chi connectivity index (χ0) is 19.9. The number of aryl methyl sites for hydroxylation is 1. The SMILES string of the molecule is CCOC(=O)c1ccccc1Nc1ncc(C(=O)Nc2ccc(C)cc2)cn1. The third-order valence-corrected chi connectivity index (χ3v) is 3.89. The lowest BCUT2D eigenvalue weighted by atomic mass is 10.2. The lowest BCUT2D eigenvalue weighted by molar-refractivity contribution is 0.0527. The van der Waals surface area contributed by atoms with Crippen LogP contribution in [0.25, 0.3) is 0 Å². The number of benzene rings is 2. The van der Waals surface area contributed by atoms with E-state index < -0.39 is 5.97 Å². The highest BCUT2D eigenvalue weighted by Gasteiger charge is 2.13. The van der Waals surface area contributed by atoms with Crippen LogP contribution in [0.5, 0.6) is 0 Å². The maximum absolute atomic E-state index is 12.3. The molecule has 1 aromatic heterocycles. The monoisotopic (exact) mass is 376 g/mol. The van der Waals surface area contributed by atoms with Crippen LogP contribution in [-0.2, 0) is 4.74 Å². The van der Waals surface area contributed by atoms with E-state index in [2.05, 4.69) is 20.6 Å². The van der Waals surface area contributed by atoms with Gasteiger partial charge in [0.2, 0.25) is 5.95 Å². The Morgan fingerprint density at radius 2 is 1.68 bits per heavy atom. The molecule has 1 heterocycles. The van der Waals surface area contributed by atoms with E-state index in [1.54, 1.807) is 31.2 Å². The predicted octanol–water partition coefficient (Wildman–Crippen LogP) is 3.96. The van der Waals surface area contributed by atoms with Crippen molar-refractivity contribution >= 4 is 29.2 Å². The number of anilines is 3. The van der Waals surface area contributed by atoms with Crippen LogP contribution in [0.4, 0.5) is 17.3 Å². The normalized spacial score (nSPS) is 10.2. The van der Waals surface area contributed by atoms with Crippen LogP contribution < -0.4 is 10.6 Å². The van der Waals surface area contributed by atoms with Crippen molar-refractivity contribution in [2.75, 3.05) is 17.2 Å². The van der Waals surface area contributed by atoms with Gasteiger partial charge in [0.15, 0.2) is 0 Å². The molecule has 0 unspecified atom stereocenters. The van der Waals surface area contributed by atoms with E-state index in [4.69, 9.17) is 4.74 Å². The van der Waals surface area contributed by atoms with Gasteiger partial charge in [-0.1, -0.05) is 29.8 Å². The number of ether oxygens (including phenoxy) is 1. The molecule has 0 fully saturated rings. The highest BCUT2D eigenvalue weighted by Crippen LogP contribution is 2.19. The van der Waals surface area contributed by atoms with Gasteiger partial charge in [-0.15, -0.1) is 0 Å². The first-order valence-electron chi connectivity index (χ1n) is 8.80. The smallest absolute Gasteiger partial charge is 0.340 e. The maximum Gasteiger partial charge on any atom is 0.340 e. The third-order valence-electron chi connectivity index (χ3n) is 3.89. The Hall–Kier alpha value is -3.74. The highest BCUT2D eigenvalue weighted by molar-refractivity contribution is 6.04. The van der Waals surface area contributed by atoms with Crippen molar-refractivity contribution in [3.63, 3.8) is 0 Å². The highest BCUT2D eigenvalue weighted by atomic mass is 16.5. The van der Waals surface area contributed by atoms with Gasteiger partial charge < -0.3 is 15.4 Å². The van der Waals surface area contributed by atoms with Gasteiger partial charge in [-0.25, -0.2) is 14.8 Å². The minimum atomic E-state index is -0.431. The summed E-state index contributed by atoms with van der Waals surface area (Å²) < 4.78 is 5.05. The van der Waals surface area contributed by atoms with Gasteiger partial charge in [0.1, 0.15) is 0 Å². The Morgan fingerprint density at radius 1 is 1.00 bits per heavy atom. The molecular weight excluding hydrogens is 356 g/mol. The molecule has 2 N–H and O–H groups in total. The Morgan fingerprint density at radius 3 is 2.36 bits per heavy atom. The molecule has 0 aliphatic rings. The van der Waals surface area contributed by atoms with Crippen molar-refractivity contribution in [2.45, 2.75) is 13.8 Å². The quantitative estimate of drug-likeness (QED) is 0.633. The standard InChI is InChI=1S/C21H20N4O3/c1-3-28-20(27)17-6-4-5-7-18(17)25-21-22-12-15(13-23-21)19(26)24-16-10-8-14(2)9-11-16/h4-13H,3H2,1-2H3,(H,24,26)(H,22,23,25). The second kappa shape index (κ2) is 8.77. The molecule has 7 heteroatoms. The molecule has 1 amide bonds. The van der Waals surface area contributed by atoms with Crippen LogP contribution in [0.3, 0.4) is 0 Å². The summed E-state index contributed by atoms with van der Waals surface area (Å²) >= 11 is 0. The zero-order valence-electron chi connectivity index (χ0n) is 15.6. The summed E-state index contributed by atoms with van der Waals surface area (Å²) in [6.07, 6.45) is 2.84. The van der Waals surface area contributed by atoms with Gasteiger partial charge in [0.25, 0.3) is 5.91 Å². The maximum atomic E-state index is 12.3. The van der Waals surface area contributed by atoms with E-state index in [-0.39, 0.29) is 18.5 Å². The number of nitrogens with one attached hydrogen (secondary N) is 2. The van der Waals surface area contributed by atoms with Crippen LogP contribution >= 0.6 is 0 Å². The van der Waals surface area contributed by atoms with E-state index in [0.29, 0.717) is 22.5 Å². The summed E-state index contributed by atoms with van der Waals surface area (Å²) in [6, 6.07) is 14.4.